The maximum absolute atomic E-state index is 12.2. The molecule has 1 unspecified atom stereocenters. The Labute approximate surface area is 128 Å². The number of aliphatic hydroxyl groups excluding tert-OH is 1. The summed E-state index contributed by atoms with van der Waals surface area (Å²) in [7, 11) is 0. The highest BCUT2D eigenvalue weighted by atomic mass is 32.2. The summed E-state index contributed by atoms with van der Waals surface area (Å²) in [4.78, 5) is 15.3. The Morgan fingerprint density at radius 1 is 1.65 bits per heavy atom. The lowest BCUT2D eigenvalue weighted by molar-refractivity contribution is -0.165. The number of rotatable bonds is 5. The summed E-state index contributed by atoms with van der Waals surface area (Å²) in [6.07, 6.45) is -0.273. The van der Waals surface area contributed by atoms with E-state index in [2.05, 4.69) is 6.07 Å². The fourth-order valence-corrected chi connectivity index (χ4v) is 4.07. The summed E-state index contributed by atoms with van der Waals surface area (Å²) in [5.74, 6) is 1.48. The molecule has 2 rings (SSSR count). The van der Waals surface area contributed by atoms with E-state index >= 15 is 0 Å². The van der Waals surface area contributed by atoms with Crippen LogP contribution in [-0.4, -0.2) is 53.1 Å². The number of thiophene rings is 1. The summed E-state index contributed by atoms with van der Waals surface area (Å²) < 4.78 is 5.72. The molecule has 1 aromatic rings. The van der Waals surface area contributed by atoms with Crippen LogP contribution >= 0.6 is 23.1 Å². The lowest BCUT2D eigenvalue weighted by Gasteiger charge is -2.42. The zero-order valence-electron chi connectivity index (χ0n) is 11.9. The zero-order valence-corrected chi connectivity index (χ0v) is 13.5. The predicted molar refractivity (Wildman–Crippen MR) is 83.1 cm³/mol. The first-order valence-corrected chi connectivity index (χ1v) is 8.70. The zero-order chi connectivity index (χ0) is 14.6. The fourth-order valence-electron chi connectivity index (χ4n) is 2.31. The van der Waals surface area contributed by atoms with Gasteiger partial charge in [0.2, 0.25) is 5.91 Å². The van der Waals surface area contributed by atoms with Gasteiger partial charge in [-0.05, 0) is 25.3 Å². The Balaban J connectivity index is 1.81. The van der Waals surface area contributed by atoms with Gasteiger partial charge in [-0.1, -0.05) is 6.07 Å². The quantitative estimate of drug-likeness (QED) is 0.903. The molecule has 1 aromatic heterocycles. The van der Waals surface area contributed by atoms with Crippen LogP contribution in [0.15, 0.2) is 17.5 Å². The number of hydrogen-bond donors (Lipinski definition) is 1. The van der Waals surface area contributed by atoms with Crippen LogP contribution in [0.25, 0.3) is 0 Å². The molecule has 112 valence electrons. The number of carbonyl (C=O) groups is 1. The number of nitrogens with zero attached hydrogens (tertiary/aromatic N) is 1. The van der Waals surface area contributed by atoms with Crippen molar-refractivity contribution in [2.45, 2.75) is 31.3 Å². The van der Waals surface area contributed by atoms with Crippen LogP contribution in [0.1, 0.15) is 18.7 Å². The second kappa shape index (κ2) is 6.93. The first kappa shape index (κ1) is 15.8. The lowest BCUT2D eigenvalue weighted by Crippen LogP contribution is -2.56. The summed E-state index contributed by atoms with van der Waals surface area (Å²) in [5.41, 5.74) is -0.389. The second-order valence-corrected chi connectivity index (χ2v) is 7.55. The molecule has 0 saturated carbocycles. The molecule has 1 amide bonds. The van der Waals surface area contributed by atoms with Crippen molar-refractivity contribution in [2.24, 2.45) is 0 Å². The second-order valence-electron chi connectivity index (χ2n) is 5.53. The molecular weight excluding hydrogens is 294 g/mol. The highest BCUT2D eigenvalue weighted by Gasteiger charge is 2.35. The average molecular weight is 315 g/mol. The fraction of sp³-hybridized carbons (Fsp3) is 0.643. The van der Waals surface area contributed by atoms with Gasteiger partial charge in [0.15, 0.2) is 0 Å². The van der Waals surface area contributed by atoms with Crippen LogP contribution in [0.4, 0.5) is 0 Å². The van der Waals surface area contributed by atoms with E-state index in [0.29, 0.717) is 18.8 Å². The van der Waals surface area contributed by atoms with Gasteiger partial charge in [0.25, 0.3) is 0 Å². The minimum Gasteiger partial charge on any atom is -0.394 e. The molecule has 20 heavy (non-hydrogen) atoms. The van der Waals surface area contributed by atoms with E-state index in [4.69, 9.17) is 4.74 Å². The Hall–Kier alpha value is -0.560. The van der Waals surface area contributed by atoms with Crippen LogP contribution in [0.5, 0.6) is 0 Å². The summed E-state index contributed by atoms with van der Waals surface area (Å²) in [6, 6.07) is 4.11. The van der Waals surface area contributed by atoms with Crippen molar-refractivity contribution in [3.63, 3.8) is 0 Å². The Bertz CT molecular complexity index is 434. The molecule has 4 nitrogen and oxygen atoms in total. The van der Waals surface area contributed by atoms with Crippen molar-refractivity contribution in [2.75, 3.05) is 25.4 Å². The third kappa shape index (κ3) is 4.48. The van der Waals surface area contributed by atoms with Crippen LogP contribution < -0.4 is 0 Å². The van der Waals surface area contributed by atoms with Gasteiger partial charge in [-0.15, -0.1) is 23.1 Å². The summed E-state index contributed by atoms with van der Waals surface area (Å²) in [5, 5.41) is 11.3. The molecule has 6 heteroatoms. The molecular formula is C14H21NO3S2. The van der Waals surface area contributed by atoms with Gasteiger partial charge >= 0.3 is 0 Å². The van der Waals surface area contributed by atoms with E-state index in [1.807, 2.05) is 30.2 Å². The number of amides is 1. The number of hydrogen-bond acceptors (Lipinski definition) is 5. The largest absolute Gasteiger partial charge is 0.394 e. The van der Waals surface area contributed by atoms with E-state index in [1.165, 1.54) is 4.88 Å². The van der Waals surface area contributed by atoms with E-state index < -0.39 is 0 Å². The first-order valence-electron chi connectivity index (χ1n) is 6.67. The molecule has 1 N–H and O–H groups in total. The highest BCUT2D eigenvalue weighted by molar-refractivity contribution is 7.99. The summed E-state index contributed by atoms with van der Waals surface area (Å²) in [6.45, 7) is 4.93. The molecule has 2 heterocycles. The van der Waals surface area contributed by atoms with Crippen molar-refractivity contribution in [1.82, 2.24) is 4.90 Å². The molecule has 1 fully saturated rings. The van der Waals surface area contributed by atoms with Crippen LogP contribution in [0.3, 0.4) is 0 Å². The number of ether oxygens (including phenoxy) is 1. The van der Waals surface area contributed by atoms with Crippen LogP contribution in [0.2, 0.25) is 0 Å². The molecule has 0 bridgehead atoms. The number of carbonyl (C=O) groups excluding carboxylic acids is 1. The number of thioether (sulfide) groups is 1. The van der Waals surface area contributed by atoms with Crippen molar-refractivity contribution in [3.05, 3.63) is 22.4 Å². The lowest BCUT2D eigenvalue weighted by atomic mass is 10.1. The van der Waals surface area contributed by atoms with Gasteiger partial charge in [-0.2, -0.15) is 0 Å². The monoisotopic (exact) mass is 315 g/mol. The topological polar surface area (TPSA) is 49.8 Å². The van der Waals surface area contributed by atoms with E-state index in [9.17, 15) is 9.90 Å². The molecule has 1 saturated heterocycles. The smallest absolute Gasteiger partial charge is 0.232 e. The summed E-state index contributed by atoms with van der Waals surface area (Å²) >= 11 is 3.35. The van der Waals surface area contributed by atoms with Crippen molar-refractivity contribution in [1.29, 1.82) is 0 Å². The van der Waals surface area contributed by atoms with Gasteiger partial charge < -0.3 is 14.7 Å². The van der Waals surface area contributed by atoms with Crippen LogP contribution in [-0.2, 0) is 15.3 Å². The van der Waals surface area contributed by atoms with Gasteiger partial charge in [0, 0.05) is 23.7 Å². The maximum Gasteiger partial charge on any atom is 0.232 e. The minimum absolute atomic E-state index is 0.0461. The average Bonchev–Trinajstić information content (AvgIpc) is 2.89. The Morgan fingerprint density at radius 3 is 3.10 bits per heavy atom. The predicted octanol–water partition coefficient (Wildman–Crippen LogP) is 1.98. The number of morpholine rings is 1. The third-order valence-corrected chi connectivity index (χ3v) is 5.11. The molecule has 1 atom stereocenters. The third-order valence-electron chi connectivity index (χ3n) is 3.09. The SMILES string of the molecule is CC1(C)CN(C(=O)CSCc2cccs2)CC(CO)O1. The molecule has 1 aliphatic heterocycles. The molecule has 0 radical (unpaired) electrons. The normalized spacial score (nSPS) is 21.9. The Morgan fingerprint density at radius 2 is 2.45 bits per heavy atom. The van der Waals surface area contributed by atoms with Gasteiger partial charge in [-0.3, -0.25) is 4.79 Å². The highest BCUT2D eigenvalue weighted by Crippen LogP contribution is 2.22. The van der Waals surface area contributed by atoms with Gasteiger partial charge in [-0.25, -0.2) is 0 Å². The minimum atomic E-state index is -0.389. The van der Waals surface area contributed by atoms with Crippen LogP contribution in [0, 0.1) is 0 Å². The molecule has 0 aromatic carbocycles. The first-order chi connectivity index (χ1) is 9.50. The molecule has 0 aliphatic carbocycles. The van der Waals surface area contributed by atoms with E-state index in [-0.39, 0.29) is 24.2 Å². The van der Waals surface area contributed by atoms with E-state index in [1.54, 1.807) is 23.1 Å². The van der Waals surface area contributed by atoms with Crippen molar-refractivity contribution >= 4 is 29.0 Å². The van der Waals surface area contributed by atoms with Gasteiger partial charge in [0.1, 0.15) is 0 Å². The maximum atomic E-state index is 12.2. The molecule has 1 aliphatic rings. The van der Waals surface area contributed by atoms with Crippen molar-refractivity contribution in [3.8, 4) is 0 Å². The van der Waals surface area contributed by atoms with Crippen molar-refractivity contribution < 1.29 is 14.6 Å². The van der Waals surface area contributed by atoms with E-state index in [0.717, 1.165) is 5.75 Å². The standard InChI is InChI=1S/C14H21NO3S2/c1-14(2)10-15(6-11(7-16)18-14)13(17)9-19-8-12-4-3-5-20-12/h3-5,11,16H,6-10H2,1-2H3. The Kier molecular flexibility index (Phi) is 5.49. The number of aliphatic hydroxyl groups is 1. The molecule has 0 spiro atoms. The van der Waals surface area contributed by atoms with Gasteiger partial charge in [0.05, 0.1) is 24.1 Å².